The molecule has 2 aliphatic rings. The summed E-state index contributed by atoms with van der Waals surface area (Å²) in [7, 11) is 0. The zero-order chi connectivity index (χ0) is 21.6. The van der Waals surface area contributed by atoms with Crippen molar-refractivity contribution in [1.29, 1.82) is 0 Å². The fourth-order valence-corrected chi connectivity index (χ4v) is 5.97. The van der Waals surface area contributed by atoms with Crippen LogP contribution in [0.15, 0.2) is 23.0 Å². The van der Waals surface area contributed by atoms with E-state index >= 15 is 0 Å². The number of carbonyl (C=O) groups is 2. The first-order chi connectivity index (χ1) is 13.5. The Bertz CT molecular complexity index is 742. The summed E-state index contributed by atoms with van der Waals surface area (Å²) in [5.74, 6) is -1.13. The molecule has 0 saturated heterocycles. The first-order valence-corrected chi connectivity index (χ1v) is 10.2. The molecule has 0 aromatic carbocycles. The number of aliphatic hydroxyl groups is 3. The molecule has 3 rings (SSSR count). The van der Waals surface area contributed by atoms with Gasteiger partial charge in [-0.1, -0.05) is 13.8 Å². The van der Waals surface area contributed by atoms with E-state index in [9.17, 15) is 24.9 Å². The predicted octanol–water partition coefficient (Wildman–Crippen LogP) is 2.39. The molecule has 29 heavy (non-hydrogen) atoms. The van der Waals surface area contributed by atoms with Gasteiger partial charge >= 0.3 is 5.97 Å². The molecular weight excluding hydrogens is 376 g/mol. The topological polar surface area (TPSA) is 117 Å². The van der Waals surface area contributed by atoms with Gasteiger partial charge in [-0.15, -0.1) is 0 Å². The third-order valence-electron chi connectivity index (χ3n) is 7.99. The molecule has 3 N–H and O–H groups in total. The Kier molecular flexibility index (Phi) is 5.71. The lowest BCUT2D eigenvalue weighted by Gasteiger charge is -2.64. The third kappa shape index (κ3) is 3.33. The SMILES string of the molecule is CC(=O)O[C@@H]1C[C@]2(C)[C@H](CC[C@@H](O)[C@]2(C)O)[C@@](C=O)(C[C@@H](O)c2ccoc2)[C@@H]1C. The number of hydrogen-bond acceptors (Lipinski definition) is 7. The first-order valence-electron chi connectivity index (χ1n) is 10.2. The average molecular weight is 408 g/mol. The normalized spacial score (nSPS) is 43.3. The predicted molar refractivity (Wildman–Crippen MR) is 104 cm³/mol. The minimum Gasteiger partial charge on any atom is -0.472 e. The standard InChI is InChI=1S/C22H32O7/c1-13-17(29-14(2)24)10-20(3)18(5-6-19(26)21(20,4)27)22(13,12-23)9-16(25)15-7-8-28-11-15/h7-8,11-13,16-19,25-27H,5-6,9-10H2,1-4H3/t13-,16-,17-,18+,19-,20-,21+,22-/m1/s1. The van der Waals surface area contributed by atoms with Crippen molar-refractivity contribution in [2.24, 2.45) is 22.7 Å². The fourth-order valence-electron chi connectivity index (χ4n) is 5.97. The van der Waals surface area contributed by atoms with Crippen LogP contribution in [-0.4, -0.2) is 45.4 Å². The molecule has 7 heteroatoms. The summed E-state index contributed by atoms with van der Waals surface area (Å²) in [6.07, 6.45) is 2.60. The Balaban J connectivity index is 2.09. The van der Waals surface area contributed by atoms with E-state index in [1.54, 1.807) is 13.0 Å². The van der Waals surface area contributed by atoms with Gasteiger partial charge in [-0.05, 0) is 44.6 Å². The van der Waals surface area contributed by atoms with Gasteiger partial charge in [-0.2, -0.15) is 0 Å². The third-order valence-corrected chi connectivity index (χ3v) is 7.99. The van der Waals surface area contributed by atoms with Crippen LogP contribution in [0.1, 0.15) is 65.0 Å². The molecule has 0 amide bonds. The molecule has 2 saturated carbocycles. The zero-order valence-electron chi connectivity index (χ0n) is 17.5. The van der Waals surface area contributed by atoms with Gasteiger partial charge in [-0.25, -0.2) is 0 Å². The van der Waals surface area contributed by atoms with Crippen LogP contribution < -0.4 is 0 Å². The molecule has 0 spiro atoms. The van der Waals surface area contributed by atoms with Crippen LogP contribution in [0.2, 0.25) is 0 Å². The number of ether oxygens (including phenoxy) is 1. The van der Waals surface area contributed by atoms with Crippen LogP contribution in [0.3, 0.4) is 0 Å². The van der Waals surface area contributed by atoms with E-state index in [-0.39, 0.29) is 18.3 Å². The van der Waals surface area contributed by atoms with Crippen LogP contribution in [0.5, 0.6) is 0 Å². The molecule has 1 aromatic rings. The lowest BCUT2D eigenvalue weighted by molar-refractivity contribution is -0.256. The fraction of sp³-hybridized carbons (Fsp3) is 0.727. The highest BCUT2D eigenvalue weighted by atomic mass is 16.5. The number of esters is 1. The minimum atomic E-state index is -1.47. The van der Waals surface area contributed by atoms with E-state index in [4.69, 9.17) is 9.15 Å². The molecule has 0 unspecified atom stereocenters. The first kappa shape index (κ1) is 22.0. The summed E-state index contributed by atoms with van der Waals surface area (Å²) >= 11 is 0. The van der Waals surface area contributed by atoms with Crippen molar-refractivity contribution < 1.29 is 34.1 Å². The summed E-state index contributed by atoms with van der Waals surface area (Å²) in [5, 5.41) is 32.7. The quantitative estimate of drug-likeness (QED) is 0.506. The highest BCUT2D eigenvalue weighted by Crippen LogP contribution is 2.64. The lowest BCUT2D eigenvalue weighted by atomic mass is 9.42. The van der Waals surface area contributed by atoms with Gasteiger partial charge < -0.3 is 29.3 Å². The maximum Gasteiger partial charge on any atom is 0.302 e. The Morgan fingerprint density at radius 3 is 2.66 bits per heavy atom. The number of aliphatic hydroxyl groups excluding tert-OH is 2. The maximum atomic E-state index is 12.7. The number of fused-ring (bicyclic) bond motifs is 1. The summed E-state index contributed by atoms with van der Waals surface area (Å²) in [4.78, 5) is 24.5. The molecule has 7 nitrogen and oxygen atoms in total. The summed E-state index contributed by atoms with van der Waals surface area (Å²) in [6.45, 7) is 6.62. The number of hydrogen-bond donors (Lipinski definition) is 3. The van der Waals surface area contributed by atoms with Crippen LogP contribution in [-0.2, 0) is 14.3 Å². The van der Waals surface area contributed by atoms with E-state index in [1.165, 1.54) is 19.5 Å². The highest BCUT2D eigenvalue weighted by Gasteiger charge is 2.67. The van der Waals surface area contributed by atoms with Crippen molar-refractivity contribution in [3.63, 3.8) is 0 Å². The van der Waals surface area contributed by atoms with Crippen molar-refractivity contribution >= 4 is 12.3 Å². The van der Waals surface area contributed by atoms with Gasteiger partial charge in [0.2, 0.25) is 0 Å². The number of furan rings is 1. The Morgan fingerprint density at radius 2 is 2.10 bits per heavy atom. The number of aldehydes is 1. The van der Waals surface area contributed by atoms with Gasteiger partial charge in [0.15, 0.2) is 0 Å². The van der Waals surface area contributed by atoms with Gasteiger partial charge in [0.25, 0.3) is 0 Å². The van der Waals surface area contributed by atoms with E-state index in [2.05, 4.69) is 0 Å². The van der Waals surface area contributed by atoms with Crippen LogP contribution >= 0.6 is 0 Å². The Labute approximate surface area is 171 Å². The Hall–Kier alpha value is -1.70. The van der Waals surface area contributed by atoms with Crippen molar-refractivity contribution in [2.75, 3.05) is 0 Å². The zero-order valence-corrected chi connectivity index (χ0v) is 17.5. The monoisotopic (exact) mass is 408 g/mol. The Morgan fingerprint density at radius 1 is 1.41 bits per heavy atom. The maximum absolute atomic E-state index is 12.7. The van der Waals surface area contributed by atoms with Gasteiger partial charge in [0.1, 0.15) is 12.4 Å². The summed E-state index contributed by atoms with van der Waals surface area (Å²) in [6, 6.07) is 1.65. The van der Waals surface area contributed by atoms with E-state index in [1.807, 2.05) is 13.8 Å². The molecule has 0 aliphatic heterocycles. The molecule has 1 aromatic heterocycles. The number of carbonyl (C=O) groups excluding carboxylic acids is 2. The highest BCUT2D eigenvalue weighted by molar-refractivity contribution is 5.67. The second-order valence-electron chi connectivity index (χ2n) is 9.36. The van der Waals surface area contributed by atoms with Gasteiger partial charge in [0.05, 0.1) is 30.3 Å². The van der Waals surface area contributed by atoms with E-state index < -0.39 is 40.7 Å². The van der Waals surface area contributed by atoms with Crippen LogP contribution in [0, 0.1) is 22.7 Å². The van der Waals surface area contributed by atoms with Crippen molar-refractivity contribution in [3.05, 3.63) is 24.2 Å². The van der Waals surface area contributed by atoms with Gasteiger partial charge in [-0.3, -0.25) is 4.79 Å². The average Bonchev–Trinajstić information content (AvgIpc) is 3.18. The van der Waals surface area contributed by atoms with Gasteiger partial charge in [0, 0.05) is 29.2 Å². The van der Waals surface area contributed by atoms with E-state index in [0.717, 1.165) is 6.29 Å². The van der Waals surface area contributed by atoms with Crippen molar-refractivity contribution in [1.82, 2.24) is 0 Å². The van der Waals surface area contributed by atoms with Crippen LogP contribution in [0.25, 0.3) is 0 Å². The lowest BCUT2D eigenvalue weighted by Crippen LogP contribution is -2.68. The molecule has 0 radical (unpaired) electrons. The molecule has 1 heterocycles. The molecule has 8 atom stereocenters. The second kappa shape index (κ2) is 7.52. The summed E-state index contributed by atoms with van der Waals surface area (Å²) in [5.41, 5.74) is -2.83. The van der Waals surface area contributed by atoms with E-state index in [0.29, 0.717) is 24.8 Å². The number of rotatable bonds is 5. The minimum absolute atomic E-state index is 0.112. The largest absolute Gasteiger partial charge is 0.472 e. The molecule has 0 bridgehead atoms. The molecule has 2 fully saturated rings. The second-order valence-corrected chi connectivity index (χ2v) is 9.36. The smallest absolute Gasteiger partial charge is 0.302 e. The molecule has 2 aliphatic carbocycles. The van der Waals surface area contributed by atoms with Crippen molar-refractivity contribution in [3.8, 4) is 0 Å². The molecular formula is C22H32O7. The van der Waals surface area contributed by atoms with Crippen molar-refractivity contribution in [2.45, 2.75) is 77.3 Å². The summed E-state index contributed by atoms with van der Waals surface area (Å²) < 4.78 is 10.7. The van der Waals surface area contributed by atoms with Crippen LogP contribution in [0.4, 0.5) is 0 Å². The molecule has 162 valence electrons.